The SMILES string of the molecule is Cc1cc(S(=O)(=O)Nc2[nH]ncc2C)ccc1C#N. The molecule has 1 aromatic carbocycles. The molecule has 0 atom stereocenters. The number of aromatic nitrogens is 2. The Labute approximate surface area is 111 Å². The Morgan fingerprint density at radius 2 is 2.05 bits per heavy atom. The molecule has 0 saturated carbocycles. The number of nitriles is 1. The molecule has 0 amide bonds. The Kier molecular flexibility index (Phi) is 3.27. The summed E-state index contributed by atoms with van der Waals surface area (Å²) in [5.41, 5.74) is 1.78. The van der Waals surface area contributed by atoms with E-state index in [1.807, 2.05) is 6.07 Å². The van der Waals surface area contributed by atoms with Gasteiger partial charge in [-0.15, -0.1) is 0 Å². The first-order valence-electron chi connectivity index (χ1n) is 5.47. The van der Waals surface area contributed by atoms with Crippen LogP contribution in [0.5, 0.6) is 0 Å². The predicted molar refractivity (Wildman–Crippen MR) is 70.0 cm³/mol. The Balaban J connectivity index is 2.38. The van der Waals surface area contributed by atoms with Crippen LogP contribution in [0.1, 0.15) is 16.7 Å². The third kappa shape index (κ3) is 2.58. The first-order chi connectivity index (χ1) is 8.94. The minimum Gasteiger partial charge on any atom is -0.264 e. The number of nitrogens with one attached hydrogen (secondary N) is 2. The first kappa shape index (κ1) is 13.1. The number of aryl methyl sites for hydroxylation is 2. The summed E-state index contributed by atoms with van der Waals surface area (Å²) in [7, 11) is -3.68. The van der Waals surface area contributed by atoms with Crippen molar-refractivity contribution >= 4 is 15.8 Å². The zero-order valence-electron chi connectivity index (χ0n) is 10.4. The van der Waals surface area contributed by atoms with Gasteiger partial charge in [0.15, 0.2) is 0 Å². The van der Waals surface area contributed by atoms with E-state index in [1.54, 1.807) is 13.8 Å². The van der Waals surface area contributed by atoms with Crippen LogP contribution in [0.2, 0.25) is 0 Å². The van der Waals surface area contributed by atoms with Crippen LogP contribution in [0.4, 0.5) is 5.82 Å². The van der Waals surface area contributed by atoms with Crippen molar-refractivity contribution in [3.05, 3.63) is 41.1 Å². The molecule has 0 fully saturated rings. The third-order valence-electron chi connectivity index (χ3n) is 2.69. The highest BCUT2D eigenvalue weighted by molar-refractivity contribution is 7.92. The van der Waals surface area contributed by atoms with Crippen molar-refractivity contribution in [1.29, 1.82) is 5.26 Å². The van der Waals surface area contributed by atoms with E-state index in [0.29, 0.717) is 22.5 Å². The van der Waals surface area contributed by atoms with E-state index in [1.165, 1.54) is 24.4 Å². The average molecular weight is 276 g/mol. The molecule has 0 aliphatic carbocycles. The molecule has 1 heterocycles. The van der Waals surface area contributed by atoms with Gasteiger partial charge in [-0.2, -0.15) is 10.4 Å². The molecule has 2 N–H and O–H groups in total. The number of benzene rings is 1. The molecule has 2 rings (SSSR count). The van der Waals surface area contributed by atoms with Crippen LogP contribution in [0.25, 0.3) is 0 Å². The quantitative estimate of drug-likeness (QED) is 0.891. The summed E-state index contributed by atoms with van der Waals surface area (Å²) in [6.45, 7) is 3.43. The summed E-state index contributed by atoms with van der Waals surface area (Å²) in [6, 6.07) is 6.35. The maximum atomic E-state index is 12.2. The molecule has 0 unspecified atom stereocenters. The average Bonchev–Trinajstić information content (AvgIpc) is 2.74. The normalized spacial score (nSPS) is 11.0. The number of hydrogen-bond donors (Lipinski definition) is 2. The lowest BCUT2D eigenvalue weighted by atomic mass is 10.1. The molecule has 0 bridgehead atoms. The summed E-state index contributed by atoms with van der Waals surface area (Å²) >= 11 is 0. The van der Waals surface area contributed by atoms with Crippen molar-refractivity contribution < 1.29 is 8.42 Å². The molecular weight excluding hydrogens is 264 g/mol. The molecule has 0 aliphatic heterocycles. The fourth-order valence-corrected chi connectivity index (χ4v) is 2.74. The predicted octanol–water partition coefficient (Wildman–Crippen LogP) is 1.70. The molecule has 0 saturated heterocycles. The van der Waals surface area contributed by atoms with Gasteiger partial charge in [0.2, 0.25) is 0 Å². The second-order valence-corrected chi connectivity index (χ2v) is 5.80. The second kappa shape index (κ2) is 4.74. The van der Waals surface area contributed by atoms with Gasteiger partial charge in [-0.3, -0.25) is 9.82 Å². The lowest BCUT2D eigenvalue weighted by Gasteiger charge is -2.08. The number of rotatable bonds is 3. The van der Waals surface area contributed by atoms with Gasteiger partial charge in [-0.25, -0.2) is 8.42 Å². The number of nitrogens with zero attached hydrogens (tertiary/aromatic N) is 2. The van der Waals surface area contributed by atoms with Crippen LogP contribution in [-0.4, -0.2) is 18.6 Å². The van der Waals surface area contributed by atoms with Crippen molar-refractivity contribution in [2.45, 2.75) is 18.7 Å². The largest absolute Gasteiger partial charge is 0.264 e. The highest BCUT2D eigenvalue weighted by Gasteiger charge is 2.17. The highest BCUT2D eigenvalue weighted by Crippen LogP contribution is 2.19. The second-order valence-electron chi connectivity index (χ2n) is 4.12. The summed E-state index contributed by atoms with van der Waals surface area (Å²) in [4.78, 5) is 0.109. The lowest BCUT2D eigenvalue weighted by molar-refractivity contribution is 0.601. The zero-order valence-corrected chi connectivity index (χ0v) is 11.2. The van der Waals surface area contributed by atoms with E-state index < -0.39 is 10.0 Å². The van der Waals surface area contributed by atoms with Crippen molar-refractivity contribution in [2.24, 2.45) is 0 Å². The first-order valence-corrected chi connectivity index (χ1v) is 6.96. The molecule has 98 valence electrons. The van der Waals surface area contributed by atoms with Gasteiger partial charge < -0.3 is 0 Å². The number of sulfonamides is 1. The van der Waals surface area contributed by atoms with Gasteiger partial charge in [0.25, 0.3) is 10.0 Å². The van der Waals surface area contributed by atoms with Crippen molar-refractivity contribution in [1.82, 2.24) is 10.2 Å². The molecular formula is C12H12N4O2S. The fourth-order valence-electron chi connectivity index (χ4n) is 1.57. The van der Waals surface area contributed by atoms with Crippen LogP contribution in [0.3, 0.4) is 0 Å². The van der Waals surface area contributed by atoms with E-state index in [9.17, 15) is 8.42 Å². The van der Waals surface area contributed by atoms with E-state index in [4.69, 9.17) is 5.26 Å². The summed E-state index contributed by atoms with van der Waals surface area (Å²) < 4.78 is 26.7. The van der Waals surface area contributed by atoms with Crippen molar-refractivity contribution in [3.63, 3.8) is 0 Å². The molecule has 0 spiro atoms. The Bertz CT molecular complexity index is 756. The number of H-pyrrole nitrogens is 1. The molecule has 1 aromatic heterocycles. The summed E-state index contributed by atoms with van der Waals surface area (Å²) in [5, 5.41) is 15.2. The molecule has 2 aromatic rings. The molecule has 0 radical (unpaired) electrons. The maximum Gasteiger partial charge on any atom is 0.263 e. The van der Waals surface area contributed by atoms with Crippen LogP contribution in [-0.2, 0) is 10.0 Å². The van der Waals surface area contributed by atoms with Gasteiger partial charge in [-0.1, -0.05) is 0 Å². The van der Waals surface area contributed by atoms with Gasteiger partial charge in [-0.05, 0) is 37.6 Å². The van der Waals surface area contributed by atoms with Gasteiger partial charge in [0.1, 0.15) is 5.82 Å². The molecule has 19 heavy (non-hydrogen) atoms. The lowest BCUT2D eigenvalue weighted by Crippen LogP contribution is -2.14. The summed E-state index contributed by atoms with van der Waals surface area (Å²) in [5.74, 6) is 0.335. The highest BCUT2D eigenvalue weighted by atomic mass is 32.2. The van der Waals surface area contributed by atoms with Gasteiger partial charge >= 0.3 is 0 Å². The van der Waals surface area contributed by atoms with E-state index in [0.717, 1.165) is 0 Å². The summed E-state index contributed by atoms with van der Waals surface area (Å²) in [6.07, 6.45) is 1.53. The fraction of sp³-hybridized carbons (Fsp3) is 0.167. The maximum absolute atomic E-state index is 12.2. The van der Waals surface area contributed by atoms with Gasteiger partial charge in [0.05, 0.1) is 22.7 Å². The van der Waals surface area contributed by atoms with E-state index >= 15 is 0 Å². The van der Waals surface area contributed by atoms with E-state index in [2.05, 4.69) is 14.9 Å². The minimum absolute atomic E-state index is 0.109. The standard InChI is InChI=1S/C12H12N4O2S/c1-8-5-11(4-3-10(8)6-13)19(17,18)16-12-9(2)7-14-15-12/h3-5,7H,1-2H3,(H2,14,15,16). The van der Waals surface area contributed by atoms with Crippen molar-refractivity contribution in [3.8, 4) is 6.07 Å². The van der Waals surface area contributed by atoms with Crippen molar-refractivity contribution in [2.75, 3.05) is 4.72 Å². The number of aromatic amines is 1. The van der Waals surface area contributed by atoms with Gasteiger partial charge in [0, 0.05) is 5.56 Å². The number of hydrogen-bond acceptors (Lipinski definition) is 4. The monoisotopic (exact) mass is 276 g/mol. The molecule has 7 heteroatoms. The van der Waals surface area contributed by atoms with Crippen LogP contribution in [0.15, 0.2) is 29.3 Å². The van der Waals surface area contributed by atoms with Crippen LogP contribution >= 0.6 is 0 Å². The minimum atomic E-state index is -3.68. The Hall–Kier alpha value is -2.33. The smallest absolute Gasteiger partial charge is 0.263 e. The third-order valence-corrected chi connectivity index (χ3v) is 4.04. The van der Waals surface area contributed by atoms with E-state index in [-0.39, 0.29) is 4.90 Å². The zero-order chi connectivity index (χ0) is 14.0. The Morgan fingerprint density at radius 3 is 2.58 bits per heavy atom. The number of anilines is 1. The molecule has 0 aliphatic rings. The molecule has 6 nitrogen and oxygen atoms in total. The topological polar surface area (TPSA) is 98.6 Å². The van der Waals surface area contributed by atoms with Crippen LogP contribution in [0, 0.1) is 25.2 Å². The van der Waals surface area contributed by atoms with Crippen LogP contribution < -0.4 is 4.72 Å². The Morgan fingerprint density at radius 1 is 1.32 bits per heavy atom.